The first-order chi connectivity index (χ1) is 14.1. The van der Waals surface area contributed by atoms with Crippen molar-refractivity contribution >= 4 is 6.08 Å². The van der Waals surface area contributed by atoms with E-state index in [4.69, 9.17) is 0 Å². The van der Waals surface area contributed by atoms with Crippen LogP contribution in [0.2, 0.25) is 0 Å². The van der Waals surface area contributed by atoms with E-state index >= 15 is 0 Å². The molecule has 2 fully saturated rings. The van der Waals surface area contributed by atoms with Crippen molar-refractivity contribution in [3.05, 3.63) is 48.4 Å². The molecule has 29 heavy (non-hydrogen) atoms. The summed E-state index contributed by atoms with van der Waals surface area (Å²) in [6, 6.07) is 2.12. The highest BCUT2D eigenvalue weighted by Crippen LogP contribution is 2.37. The van der Waals surface area contributed by atoms with Crippen molar-refractivity contribution in [3.8, 4) is 23.0 Å². The molecule has 148 valence electrons. The molecule has 5 heterocycles. The number of piperidine rings is 2. The van der Waals surface area contributed by atoms with Crippen molar-refractivity contribution < 1.29 is 5.11 Å². The van der Waals surface area contributed by atoms with Crippen LogP contribution in [0.5, 0.6) is 5.75 Å². The summed E-state index contributed by atoms with van der Waals surface area (Å²) in [5, 5.41) is 22.7. The Hall–Kier alpha value is -3.13. The van der Waals surface area contributed by atoms with Crippen molar-refractivity contribution in [2.45, 2.75) is 50.6 Å². The number of aromatic nitrogens is 6. The Morgan fingerprint density at radius 2 is 2.21 bits per heavy atom. The number of imidazole rings is 1. The van der Waals surface area contributed by atoms with E-state index in [9.17, 15) is 5.11 Å². The first-order valence-corrected chi connectivity index (χ1v) is 9.93. The summed E-state index contributed by atoms with van der Waals surface area (Å²) >= 11 is 0. The molecule has 0 spiro atoms. The average Bonchev–Trinajstić information content (AvgIpc) is 3.23. The zero-order valence-corrected chi connectivity index (χ0v) is 16.3. The van der Waals surface area contributed by atoms with Crippen LogP contribution in [0.15, 0.2) is 42.8 Å². The molecule has 0 radical (unpaired) electrons. The minimum absolute atomic E-state index is 0.0516. The molecule has 2 aliphatic rings. The van der Waals surface area contributed by atoms with Gasteiger partial charge in [0.25, 0.3) is 0 Å². The van der Waals surface area contributed by atoms with Crippen molar-refractivity contribution in [2.75, 3.05) is 0 Å². The minimum Gasteiger partial charge on any atom is -0.507 e. The predicted octanol–water partition coefficient (Wildman–Crippen LogP) is 2.90. The molecule has 8 heteroatoms. The first kappa shape index (κ1) is 17.9. The molecule has 2 atom stereocenters. The van der Waals surface area contributed by atoms with Gasteiger partial charge in [-0.15, -0.1) is 10.2 Å². The molecule has 2 saturated heterocycles. The van der Waals surface area contributed by atoms with Crippen LogP contribution in [0.4, 0.5) is 0 Å². The lowest BCUT2D eigenvalue weighted by Crippen LogP contribution is -2.55. The van der Waals surface area contributed by atoms with Crippen molar-refractivity contribution in [2.24, 2.45) is 0 Å². The number of rotatable bonds is 3. The van der Waals surface area contributed by atoms with Crippen LogP contribution in [0.3, 0.4) is 0 Å². The number of aromatic hydroxyl groups is 1. The second-order valence-electron chi connectivity index (χ2n) is 8.21. The zero-order chi connectivity index (χ0) is 19.8. The molecule has 2 aliphatic heterocycles. The van der Waals surface area contributed by atoms with Gasteiger partial charge in [0.2, 0.25) is 0 Å². The molecule has 3 aromatic heterocycles. The Bertz CT molecular complexity index is 1050. The second-order valence-corrected chi connectivity index (χ2v) is 8.21. The van der Waals surface area contributed by atoms with Crippen LogP contribution in [0.1, 0.15) is 44.7 Å². The highest BCUT2D eigenvalue weighted by Gasteiger charge is 2.36. The quantitative estimate of drug-likeness (QED) is 0.710. The predicted molar refractivity (Wildman–Crippen MR) is 108 cm³/mol. The molecule has 2 N–H and O–H groups in total. The van der Waals surface area contributed by atoms with Gasteiger partial charge in [-0.05, 0) is 38.7 Å². The van der Waals surface area contributed by atoms with Gasteiger partial charge in [-0.2, -0.15) is 0 Å². The fraction of sp³-hybridized carbons (Fsp3) is 0.381. The third kappa shape index (κ3) is 3.63. The highest BCUT2D eigenvalue weighted by molar-refractivity contribution is 5.63. The third-order valence-corrected chi connectivity index (χ3v) is 5.77. The monoisotopic (exact) mass is 389 g/mol. The fourth-order valence-corrected chi connectivity index (χ4v) is 4.49. The Morgan fingerprint density at radius 3 is 2.93 bits per heavy atom. The topological polar surface area (TPSA) is 102 Å². The fourth-order valence-electron chi connectivity index (χ4n) is 4.49. The van der Waals surface area contributed by atoms with Gasteiger partial charge in [0, 0.05) is 36.2 Å². The minimum atomic E-state index is 0.0516. The van der Waals surface area contributed by atoms with E-state index in [2.05, 4.69) is 43.5 Å². The van der Waals surface area contributed by atoms with Crippen LogP contribution in [0.25, 0.3) is 23.3 Å². The van der Waals surface area contributed by atoms with Crippen molar-refractivity contribution in [1.82, 2.24) is 35.0 Å². The molecule has 5 rings (SSSR count). The summed E-state index contributed by atoms with van der Waals surface area (Å²) in [6.07, 6.45) is 16.2. The number of nitrogens with one attached hydrogen (secondary N) is 1. The summed E-state index contributed by atoms with van der Waals surface area (Å²) < 4.78 is 1.72. The average molecular weight is 389 g/mol. The van der Waals surface area contributed by atoms with E-state index in [1.165, 1.54) is 24.8 Å². The molecular weight excluding hydrogens is 366 g/mol. The molecule has 8 nitrogen and oxygen atoms in total. The maximum absolute atomic E-state index is 10.4. The second kappa shape index (κ2) is 7.04. The molecular formula is C21H23N7O. The van der Waals surface area contributed by atoms with E-state index in [1.54, 1.807) is 41.7 Å². The smallest absolute Gasteiger partial charge is 0.187 e. The SMILES string of the molecule is C[C@]12CCCC(C/C(=C\c3cnc(-c4cnc(-n5ccnc5)cc4O)nn3)C1)N2. The van der Waals surface area contributed by atoms with Crippen LogP contribution < -0.4 is 5.32 Å². The number of pyridine rings is 1. The van der Waals surface area contributed by atoms with E-state index < -0.39 is 0 Å². The highest BCUT2D eigenvalue weighted by atomic mass is 16.3. The van der Waals surface area contributed by atoms with Crippen molar-refractivity contribution in [3.63, 3.8) is 0 Å². The number of hydrogen-bond donors (Lipinski definition) is 2. The lowest BCUT2D eigenvalue weighted by molar-refractivity contribution is 0.192. The van der Waals surface area contributed by atoms with Gasteiger partial charge in [0.05, 0.1) is 11.8 Å². The largest absolute Gasteiger partial charge is 0.507 e. The Labute approximate surface area is 168 Å². The van der Waals surface area contributed by atoms with Gasteiger partial charge in [-0.1, -0.05) is 12.0 Å². The zero-order valence-electron chi connectivity index (χ0n) is 16.3. The van der Waals surface area contributed by atoms with Crippen LogP contribution in [-0.4, -0.2) is 46.4 Å². The number of nitrogens with zero attached hydrogens (tertiary/aromatic N) is 6. The number of hydrogen-bond acceptors (Lipinski definition) is 7. The van der Waals surface area contributed by atoms with Crippen LogP contribution in [0, 0.1) is 0 Å². The van der Waals surface area contributed by atoms with Crippen molar-refractivity contribution in [1.29, 1.82) is 0 Å². The van der Waals surface area contributed by atoms with Gasteiger partial charge < -0.3 is 10.4 Å². The number of fused-ring (bicyclic) bond motifs is 2. The summed E-state index contributed by atoms with van der Waals surface area (Å²) in [5.41, 5.74) is 2.79. The maximum atomic E-state index is 10.4. The Balaban J connectivity index is 1.37. The van der Waals surface area contributed by atoms with Gasteiger partial charge in [0.1, 0.15) is 23.6 Å². The molecule has 3 aromatic rings. The van der Waals surface area contributed by atoms with Gasteiger partial charge in [-0.3, -0.25) is 4.57 Å². The normalized spacial score (nSPS) is 25.3. The van der Waals surface area contributed by atoms with Gasteiger partial charge in [-0.25, -0.2) is 15.0 Å². The lowest BCUT2D eigenvalue weighted by Gasteiger charge is -2.45. The third-order valence-electron chi connectivity index (χ3n) is 5.77. The van der Waals surface area contributed by atoms with E-state index in [0.717, 1.165) is 18.5 Å². The summed E-state index contributed by atoms with van der Waals surface area (Å²) in [5.74, 6) is 0.974. The van der Waals surface area contributed by atoms with Crippen LogP contribution in [-0.2, 0) is 0 Å². The van der Waals surface area contributed by atoms with E-state index in [1.807, 2.05) is 0 Å². The summed E-state index contributed by atoms with van der Waals surface area (Å²) in [4.78, 5) is 12.7. The first-order valence-electron chi connectivity index (χ1n) is 9.93. The Kier molecular flexibility index (Phi) is 4.35. The molecule has 0 aromatic carbocycles. The van der Waals surface area contributed by atoms with Gasteiger partial charge in [0.15, 0.2) is 5.82 Å². The summed E-state index contributed by atoms with van der Waals surface area (Å²) in [6.45, 7) is 2.31. The lowest BCUT2D eigenvalue weighted by atomic mass is 9.75. The molecule has 2 bridgehead atoms. The van der Waals surface area contributed by atoms with Crippen LogP contribution >= 0.6 is 0 Å². The molecule has 0 amide bonds. The maximum Gasteiger partial charge on any atom is 0.187 e. The van der Waals surface area contributed by atoms with E-state index in [0.29, 0.717) is 23.2 Å². The molecule has 0 saturated carbocycles. The summed E-state index contributed by atoms with van der Waals surface area (Å²) in [7, 11) is 0. The standard InChI is InChI=1S/C21H23N7O/c1-21-4-2-3-15(25-21)7-14(10-21)8-16-11-24-20(27-26-16)17-12-23-19(9-18(17)29)28-6-5-22-13-28/h5-6,8-9,11-13,15,25H,2-4,7,10H2,1H3,(H,23,29)/b14-8+/t15?,21-/m0/s1. The molecule has 0 aliphatic carbocycles. The van der Waals surface area contributed by atoms with Gasteiger partial charge >= 0.3 is 0 Å². The Morgan fingerprint density at radius 1 is 1.28 bits per heavy atom. The van der Waals surface area contributed by atoms with E-state index in [-0.39, 0.29) is 11.3 Å². The molecule has 1 unspecified atom stereocenters.